The molecule has 0 saturated carbocycles. The lowest BCUT2D eigenvalue weighted by Gasteiger charge is -2.14. The molecule has 0 unspecified atom stereocenters. The molecule has 3 N–H and O–H groups in total. The molecule has 0 saturated heterocycles. The van der Waals surface area contributed by atoms with Crippen LogP contribution >= 0.6 is 0 Å². The number of rotatable bonds is 6. The van der Waals surface area contributed by atoms with Gasteiger partial charge in [-0.2, -0.15) is 4.40 Å². The van der Waals surface area contributed by atoms with Crippen LogP contribution in [0.4, 0.5) is 0 Å². The first-order valence-corrected chi connectivity index (χ1v) is 9.35. The summed E-state index contributed by atoms with van der Waals surface area (Å²) >= 11 is 0. The zero-order chi connectivity index (χ0) is 18.1. The summed E-state index contributed by atoms with van der Waals surface area (Å²) in [5.74, 6) is 1.38. The number of likely N-dealkylation sites (N-methyl/N-ethyl adjacent to an activating group) is 1. The number of aromatic hydroxyl groups is 1. The molecule has 0 aliphatic carbocycles. The minimum atomic E-state index is 0.287. The highest BCUT2D eigenvalue weighted by atomic mass is 16.3. The van der Waals surface area contributed by atoms with Gasteiger partial charge in [0.25, 0.3) is 0 Å². The fraction of sp³-hybridized carbons (Fsp3) is 0.286. The van der Waals surface area contributed by atoms with Crippen LogP contribution in [-0.2, 0) is 6.54 Å². The number of aromatic amines is 1. The Morgan fingerprint density at radius 3 is 2.50 bits per heavy atom. The Balaban J connectivity index is 1.81. The number of quaternary nitrogens is 1. The Labute approximate surface area is 153 Å². The highest BCUT2D eigenvalue weighted by Crippen LogP contribution is 2.23. The number of imidazole rings is 2. The van der Waals surface area contributed by atoms with Crippen molar-refractivity contribution in [3.63, 3.8) is 0 Å². The van der Waals surface area contributed by atoms with Gasteiger partial charge >= 0.3 is 5.78 Å². The van der Waals surface area contributed by atoms with E-state index in [1.807, 2.05) is 12.1 Å². The summed E-state index contributed by atoms with van der Waals surface area (Å²) in [4.78, 5) is 5.19. The summed E-state index contributed by atoms with van der Waals surface area (Å²) < 4.78 is 4.61. The van der Waals surface area contributed by atoms with Gasteiger partial charge in [-0.05, 0) is 50.2 Å². The quantitative estimate of drug-likeness (QED) is 0.458. The third-order valence-corrected chi connectivity index (χ3v) is 5.29. The topological polar surface area (TPSA) is 48.8 Å². The Hall–Kier alpha value is -2.79. The number of hydrogen-bond donors (Lipinski definition) is 3. The minimum absolute atomic E-state index is 0.287. The minimum Gasteiger partial charge on any atom is -0.508 e. The molecule has 0 aliphatic heterocycles. The number of aromatic nitrogens is 3. The number of nitrogens with one attached hydrogen (secondary N) is 2. The van der Waals surface area contributed by atoms with E-state index in [9.17, 15) is 5.11 Å². The number of benzene rings is 2. The SMILES string of the molecule is CC[NH+](CC)CC[n+]1c2ccccc2n2cc(-c3ccc(O)cc3)[nH]c21. The van der Waals surface area contributed by atoms with Crippen LogP contribution in [-0.4, -0.2) is 34.1 Å². The molecule has 2 heterocycles. The van der Waals surface area contributed by atoms with Crippen molar-refractivity contribution in [2.24, 2.45) is 0 Å². The number of phenols is 1. The molecule has 0 radical (unpaired) electrons. The van der Waals surface area contributed by atoms with E-state index < -0.39 is 0 Å². The number of H-pyrrole nitrogens is 1. The Bertz CT molecular complexity index is 1030. The Kier molecular flexibility index (Phi) is 4.39. The third kappa shape index (κ3) is 2.84. The van der Waals surface area contributed by atoms with E-state index >= 15 is 0 Å². The van der Waals surface area contributed by atoms with Gasteiger partial charge in [-0.3, -0.25) is 0 Å². The molecule has 5 heteroatoms. The maximum Gasteiger partial charge on any atom is 0.368 e. The molecular formula is C21H26N4O+2. The summed E-state index contributed by atoms with van der Waals surface area (Å²) in [6, 6.07) is 15.9. The second-order valence-electron chi connectivity index (χ2n) is 6.76. The molecule has 0 atom stereocenters. The summed E-state index contributed by atoms with van der Waals surface area (Å²) in [7, 11) is 0. The van der Waals surface area contributed by atoms with Gasteiger partial charge < -0.3 is 10.0 Å². The van der Waals surface area contributed by atoms with Crippen molar-refractivity contribution < 1.29 is 14.6 Å². The molecular weight excluding hydrogens is 324 g/mol. The number of fused-ring (bicyclic) bond motifs is 3. The molecule has 0 amide bonds. The molecule has 26 heavy (non-hydrogen) atoms. The Morgan fingerprint density at radius 1 is 1.04 bits per heavy atom. The van der Waals surface area contributed by atoms with Gasteiger partial charge in [-0.15, -0.1) is 0 Å². The van der Waals surface area contributed by atoms with Crippen LogP contribution in [0.3, 0.4) is 0 Å². The number of nitrogens with zero attached hydrogens (tertiary/aromatic N) is 2. The van der Waals surface area contributed by atoms with Crippen molar-refractivity contribution >= 4 is 16.8 Å². The fourth-order valence-corrected chi connectivity index (χ4v) is 3.68. The predicted octanol–water partition coefficient (Wildman–Crippen LogP) is 2.01. The van der Waals surface area contributed by atoms with E-state index in [0.29, 0.717) is 0 Å². The zero-order valence-corrected chi connectivity index (χ0v) is 15.4. The maximum atomic E-state index is 9.54. The second kappa shape index (κ2) is 6.84. The lowest BCUT2D eigenvalue weighted by molar-refractivity contribution is -0.912. The number of phenolic OH excluding ortho intramolecular Hbond substituents is 1. The van der Waals surface area contributed by atoms with Crippen LogP contribution in [0.5, 0.6) is 5.75 Å². The standard InChI is InChI=1S/C21H24N4O/c1-3-23(4-2)13-14-24-19-7-5-6-8-20(19)25-15-18(22-21(24)25)16-9-11-17(26)12-10-16/h5-12,15,26H,3-4,13-14H2,1-2H3/p+2. The lowest BCUT2D eigenvalue weighted by atomic mass is 10.2. The molecule has 0 spiro atoms. The molecule has 5 nitrogen and oxygen atoms in total. The zero-order valence-electron chi connectivity index (χ0n) is 15.4. The average molecular weight is 350 g/mol. The normalized spacial score (nSPS) is 11.8. The van der Waals surface area contributed by atoms with Gasteiger partial charge in [-0.25, -0.2) is 9.55 Å². The third-order valence-electron chi connectivity index (χ3n) is 5.29. The van der Waals surface area contributed by atoms with Crippen molar-refractivity contribution in [1.82, 2.24) is 9.38 Å². The van der Waals surface area contributed by atoms with Gasteiger partial charge in [0, 0.05) is 5.56 Å². The van der Waals surface area contributed by atoms with Crippen molar-refractivity contribution in [2.45, 2.75) is 20.4 Å². The van der Waals surface area contributed by atoms with Gasteiger partial charge in [0.2, 0.25) is 0 Å². The molecule has 134 valence electrons. The van der Waals surface area contributed by atoms with E-state index in [0.717, 1.165) is 43.2 Å². The van der Waals surface area contributed by atoms with E-state index in [1.54, 1.807) is 17.0 Å². The molecule has 2 aromatic heterocycles. The van der Waals surface area contributed by atoms with Crippen LogP contribution in [0.25, 0.3) is 28.1 Å². The molecule has 4 aromatic rings. The molecule has 0 aliphatic rings. The van der Waals surface area contributed by atoms with Crippen molar-refractivity contribution in [3.05, 3.63) is 54.7 Å². The van der Waals surface area contributed by atoms with Crippen LogP contribution in [0.1, 0.15) is 13.8 Å². The largest absolute Gasteiger partial charge is 0.508 e. The van der Waals surface area contributed by atoms with Crippen LogP contribution in [0.15, 0.2) is 54.7 Å². The first kappa shape index (κ1) is 16.7. The number of hydrogen-bond acceptors (Lipinski definition) is 1. The van der Waals surface area contributed by atoms with Crippen molar-refractivity contribution in [3.8, 4) is 17.0 Å². The van der Waals surface area contributed by atoms with Crippen molar-refractivity contribution in [2.75, 3.05) is 19.6 Å². The summed E-state index contributed by atoms with van der Waals surface area (Å²) in [5, 5.41) is 9.54. The summed E-state index contributed by atoms with van der Waals surface area (Å²) in [5.41, 5.74) is 4.58. The van der Waals surface area contributed by atoms with Crippen LogP contribution in [0.2, 0.25) is 0 Å². The van der Waals surface area contributed by atoms with E-state index in [4.69, 9.17) is 0 Å². The first-order chi connectivity index (χ1) is 12.7. The van der Waals surface area contributed by atoms with Gasteiger partial charge in [0.05, 0.1) is 13.1 Å². The highest BCUT2D eigenvalue weighted by Gasteiger charge is 2.22. The highest BCUT2D eigenvalue weighted by molar-refractivity contribution is 5.76. The van der Waals surface area contributed by atoms with E-state index in [2.05, 4.69) is 58.3 Å². The maximum absolute atomic E-state index is 9.54. The monoisotopic (exact) mass is 350 g/mol. The number of para-hydroxylation sites is 2. The first-order valence-electron chi connectivity index (χ1n) is 9.35. The summed E-state index contributed by atoms with van der Waals surface area (Å²) in [6.07, 6.45) is 2.14. The molecule has 2 aromatic carbocycles. The average Bonchev–Trinajstić information content (AvgIpc) is 3.22. The Morgan fingerprint density at radius 2 is 1.77 bits per heavy atom. The summed E-state index contributed by atoms with van der Waals surface area (Å²) in [6.45, 7) is 8.87. The fourth-order valence-electron chi connectivity index (χ4n) is 3.68. The molecule has 0 fully saturated rings. The van der Waals surface area contributed by atoms with E-state index in [-0.39, 0.29) is 5.75 Å². The predicted molar refractivity (Wildman–Crippen MR) is 103 cm³/mol. The smallest absolute Gasteiger partial charge is 0.368 e. The van der Waals surface area contributed by atoms with Crippen LogP contribution < -0.4 is 9.47 Å². The second-order valence-corrected chi connectivity index (χ2v) is 6.76. The molecule has 0 bridgehead atoms. The van der Waals surface area contributed by atoms with E-state index in [1.165, 1.54) is 11.0 Å². The van der Waals surface area contributed by atoms with Crippen molar-refractivity contribution in [1.29, 1.82) is 0 Å². The molecule has 4 rings (SSSR count). The van der Waals surface area contributed by atoms with Crippen LogP contribution in [0, 0.1) is 0 Å². The van der Waals surface area contributed by atoms with Gasteiger partial charge in [0.1, 0.15) is 41.8 Å². The van der Waals surface area contributed by atoms with Gasteiger partial charge in [-0.1, -0.05) is 12.1 Å². The van der Waals surface area contributed by atoms with Gasteiger partial charge in [0.15, 0.2) is 0 Å². The lowest BCUT2D eigenvalue weighted by Crippen LogP contribution is -3.12.